The van der Waals surface area contributed by atoms with E-state index in [0.29, 0.717) is 12.6 Å². The summed E-state index contributed by atoms with van der Waals surface area (Å²) < 4.78 is 41.1. The Morgan fingerprint density at radius 3 is 2.71 bits per heavy atom. The number of halogens is 2. The molecule has 1 heterocycles. The van der Waals surface area contributed by atoms with Gasteiger partial charge in [-0.25, -0.2) is 17.5 Å². The zero-order valence-corrected chi connectivity index (χ0v) is 12.9. The fourth-order valence-corrected chi connectivity index (χ4v) is 4.40. The van der Waals surface area contributed by atoms with Gasteiger partial charge in [0.1, 0.15) is 4.90 Å². The van der Waals surface area contributed by atoms with Gasteiger partial charge in [0, 0.05) is 30.9 Å². The van der Waals surface area contributed by atoms with Crippen LogP contribution in [0, 0.1) is 5.82 Å². The molecule has 3 rings (SSSR count). The minimum Gasteiger partial charge on any atom is -0.399 e. The molecule has 21 heavy (non-hydrogen) atoms. The normalized spacial score (nSPS) is 23.6. The molecule has 1 saturated carbocycles. The monoisotopic (exact) mass is 333 g/mol. The molecule has 1 atom stereocenters. The second-order valence-corrected chi connectivity index (χ2v) is 7.74. The van der Waals surface area contributed by atoms with E-state index in [0.717, 1.165) is 19.0 Å². The zero-order valence-electron chi connectivity index (χ0n) is 11.4. The third-order valence-corrected chi connectivity index (χ3v) is 5.71. The SMILES string of the molecule is Nc1cc(Cl)c(F)c(S(=O)(=O)NC2CCN(C3CC3)C2)c1. The van der Waals surface area contributed by atoms with Crippen LogP contribution in [-0.4, -0.2) is 38.5 Å². The van der Waals surface area contributed by atoms with Crippen LogP contribution in [0.2, 0.25) is 5.02 Å². The fraction of sp³-hybridized carbons (Fsp3) is 0.538. The third kappa shape index (κ3) is 3.15. The van der Waals surface area contributed by atoms with Crippen LogP contribution in [-0.2, 0) is 10.0 Å². The van der Waals surface area contributed by atoms with Gasteiger partial charge in [-0.3, -0.25) is 4.90 Å². The average molecular weight is 334 g/mol. The Morgan fingerprint density at radius 1 is 1.33 bits per heavy atom. The van der Waals surface area contributed by atoms with Gasteiger partial charge in [0.15, 0.2) is 5.82 Å². The highest BCUT2D eigenvalue weighted by Crippen LogP contribution is 2.31. The van der Waals surface area contributed by atoms with Gasteiger partial charge in [-0.05, 0) is 31.4 Å². The lowest BCUT2D eigenvalue weighted by Crippen LogP contribution is -2.37. The fourth-order valence-electron chi connectivity index (χ4n) is 2.72. The number of nitrogens with two attached hydrogens (primary N) is 1. The maximum Gasteiger partial charge on any atom is 0.243 e. The van der Waals surface area contributed by atoms with Crippen molar-refractivity contribution in [1.82, 2.24) is 9.62 Å². The molecule has 0 spiro atoms. The maximum absolute atomic E-state index is 13.9. The van der Waals surface area contributed by atoms with Gasteiger partial charge >= 0.3 is 0 Å². The van der Waals surface area contributed by atoms with Crippen molar-refractivity contribution >= 4 is 27.3 Å². The van der Waals surface area contributed by atoms with Crippen LogP contribution in [0.1, 0.15) is 19.3 Å². The Balaban J connectivity index is 1.78. The van der Waals surface area contributed by atoms with Crippen molar-refractivity contribution in [3.63, 3.8) is 0 Å². The summed E-state index contributed by atoms with van der Waals surface area (Å²) in [6.45, 7) is 1.54. The summed E-state index contributed by atoms with van der Waals surface area (Å²) in [5.41, 5.74) is 5.67. The first-order valence-electron chi connectivity index (χ1n) is 6.88. The molecule has 1 aliphatic heterocycles. The Bertz CT molecular complexity index is 664. The summed E-state index contributed by atoms with van der Waals surface area (Å²) >= 11 is 5.66. The van der Waals surface area contributed by atoms with Gasteiger partial charge in [-0.15, -0.1) is 0 Å². The predicted octanol–water partition coefficient (Wildman–Crippen LogP) is 1.58. The maximum atomic E-state index is 13.9. The van der Waals surface area contributed by atoms with E-state index < -0.39 is 20.7 Å². The largest absolute Gasteiger partial charge is 0.399 e. The molecule has 5 nitrogen and oxygen atoms in total. The van der Waals surface area contributed by atoms with E-state index in [9.17, 15) is 12.8 Å². The molecule has 3 N–H and O–H groups in total. The number of anilines is 1. The number of nitrogens with one attached hydrogen (secondary N) is 1. The number of hydrogen-bond donors (Lipinski definition) is 2. The van der Waals surface area contributed by atoms with E-state index in [1.54, 1.807) is 0 Å². The molecule has 1 aromatic rings. The Hall–Kier alpha value is -0.890. The van der Waals surface area contributed by atoms with Crippen molar-refractivity contribution in [2.24, 2.45) is 0 Å². The van der Waals surface area contributed by atoms with Gasteiger partial charge in [0.05, 0.1) is 5.02 Å². The van der Waals surface area contributed by atoms with E-state index in [1.165, 1.54) is 18.9 Å². The van der Waals surface area contributed by atoms with Crippen LogP contribution < -0.4 is 10.5 Å². The summed E-state index contributed by atoms with van der Waals surface area (Å²) in [5.74, 6) is -0.963. The molecule has 1 aromatic carbocycles. The first kappa shape index (κ1) is 15.0. The van der Waals surface area contributed by atoms with Crippen LogP contribution in [0.5, 0.6) is 0 Å². The number of nitrogens with zero attached hydrogens (tertiary/aromatic N) is 1. The summed E-state index contributed by atoms with van der Waals surface area (Å²) in [6.07, 6.45) is 3.09. The van der Waals surface area contributed by atoms with Crippen molar-refractivity contribution in [1.29, 1.82) is 0 Å². The molecule has 1 aliphatic carbocycles. The third-order valence-electron chi connectivity index (χ3n) is 3.91. The number of hydrogen-bond acceptors (Lipinski definition) is 4. The molecular formula is C13H17ClFN3O2S. The second kappa shape index (κ2) is 5.39. The molecule has 0 aromatic heterocycles. The lowest BCUT2D eigenvalue weighted by Gasteiger charge is -2.16. The summed E-state index contributed by atoms with van der Waals surface area (Å²) in [5, 5.41) is -0.290. The van der Waals surface area contributed by atoms with Crippen LogP contribution in [0.3, 0.4) is 0 Å². The van der Waals surface area contributed by atoms with Crippen molar-refractivity contribution in [3.8, 4) is 0 Å². The number of likely N-dealkylation sites (tertiary alicyclic amines) is 1. The van der Waals surface area contributed by atoms with E-state index in [4.69, 9.17) is 17.3 Å². The molecular weight excluding hydrogens is 317 g/mol. The minimum atomic E-state index is -3.96. The smallest absolute Gasteiger partial charge is 0.243 e. The molecule has 2 aliphatic rings. The first-order chi connectivity index (χ1) is 9.87. The van der Waals surface area contributed by atoms with Gasteiger partial charge in [-0.1, -0.05) is 11.6 Å². The second-order valence-electron chi connectivity index (χ2n) is 5.65. The van der Waals surface area contributed by atoms with E-state index in [2.05, 4.69) is 9.62 Å². The molecule has 0 radical (unpaired) electrons. The Morgan fingerprint density at radius 2 is 2.05 bits per heavy atom. The number of nitrogen functional groups attached to an aromatic ring is 1. The summed E-state index contributed by atoms with van der Waals surface area (Å²) in [7, 11) is -3.96. The quantitative estimate of drug-likeness (QED) is 0.820. The van der Waals surface area contributed by atoms with Crippen LogP contribution in [0.25, 0.3) is 0 Å². The predicted molar refractivity (Wildman–Crippen MR) is 79.1 cm³/mol. The van der Waals surface area contributed by atoms with Gasteiger partial charge < -0.3 is 5.73 Å². The highest BCUT2D eigenvalue weighted by atomic mass is 35.5. The Kier molecular flexibility index (Phi) is 3.85. The minimum absolute atomic E-state index is 0.118. The van der Waals surface area contributed by atoms with Gasteiger partial charge in [0.2, 0.25) is 10.0 Å². The number of benzene rings is 1. The van der Waals surface area contributed by atoms with Crippen LogP contribution in [0.4, 0.5) is 10.1 Å². The lowest BCUT2D eigenvalue weighted by atomic mass is 10.3. The van der Waals surface area contributed by atoms with Crippen LogP contribution >= 0.6 is 11.6 Å². The number of sulfonamides is 1. The average Bonchev–Trinajstić information content (AvgIpc) is 3.15. The van der Waals surface area contributed by atoms with Crippen LogP contribution in [0.15, 0.2) is 17.0 Å². The first-order valence-corrected chi connectivity index (χ1v) is 8.74. The van der Waals surface area contributed by atoms with Crippen molar-refractivity contribution in [3.05, 3.63) is 23.0 Å². The van der Waals surface area contributed by atoms with E-state index in [-0.39, 0.29) is 16.8 Å². The number of rotatable bonds is 4. The van der Waals surface area contributed by atoms with Gasteiger partial charge in [0.25, 0.3) is 0 Å². The molecule has 1 saturated heterocycles. The van der Waals surface area contributed by atoms with Crippen molar-refractivity contribution in [2.45, 2.75) is 36.2 Å². The van der Waals surface area contributed by atoms with Crippen molar-refractivity contribution < 1.29 is 12.8 Å². The molecule has 8 heteroatoms. The molecule has 0 amide bonds. The van der Waals surface area contributed by atoms with Crippen molar-refractivity contribution in [2.75, 3.05) is 18.8 Å². The van der Waals surface area contributed by atoms with Gasteiger partial charge in [-0.2, -0.15) is 0 Å². The summed E-state index contributed by atoms with van der Waals surface area (Å²) in [6, 6.07) is 2.69. The highest BCUT2D eigenvalue weighted by molar-refractivity contribution is 7.89. The van der Waals surface area contributed by atoms with E-state index in [1.807, 2.05) is 0 Å². The topological polar surface area (TPSA) is 75.4 Å². The Labute approximate surface area is 128 Å². The molecule has 1 unspecified atom stereocenters. The highest BCUT2D eigenvalue weighted by Gasteiger charge is 2.36. The zero-order chi connectivity index (χ0) is 15.2. The molecule has 2 fully saturated rings. The molecule has 0 bridgehead atoms. The molecule has 116 valence electrons. The lowest BCUT2D eigenvalue weighted by molar-refractivity contribution is 0.322. The standard InChI is InChI=1S/C13H17ClFN3O2S/c14-11-5-8(16)6-12(13(11)15)21(19,20)17-9-3-4-18(7-9)10-1-2-10/h5-6,9-10,17H,1-4,7,16H2. The summed E-state index contributed by atoms with van der Waals surface area (Å²) in [4.78, 5) is 1.79. The van der Waals surface area contributed by atoms with E-state index >= 15 is 0 Å².